The van der Waals surface area contributed by atoms with Gasteiger partial charge in [0.2, 0.25) is 0 Å². The van der Waals surface area contributed by atoms with Crippen LogP contribution in [0.4, 0.5) is 17.1 Å². The first-order valence-electron chi connectivity index (χ1n) is 12.0. The van der Waals surface area contributed by atoms with E-state index in [0.717, 1.165) is 0 Å². The number of nitrogens with one attached hydrogen (secondary N) is 2. The molecule has 0 aliphatic rings. The molecule has 43 heavy (non-hydrogen) atoms. The van der Waals surface area contributed by atoms with Gasteiger partial charge in [-0.25, -0.2) is 10.2 Å². The summed E-state index contributed by atoms with van der Waals surface area (Å²) in [5.41, 5.74) is 3.08. The Labute approximate surface area is 259 Å². The van der Waals surface area contributed by atoms with Crippen LogP contribution in [0.3, 0.4) is 0 Å². The third kappa shape index (κ3) is 7.93. The van der Waals surface area contributed by atoms with E-state index in [4.69, 9.17) is 4.74 Å². The molecular weight excluding hydrogens is 694 g/mol. The number of hydrogen-bond donors (Lipinski definition) is 2. The fourth-order valence-corrected chi connectivity index (χ4v) is 4.89. The van der Waals surface area contributed by atoms with E-state index in [9.17, 15) is 34.6 Å². The molecule has 0 spiro atoms. The van der Waals surface area contributed by atoms with E-state index in [-0.39, 0.29) is 33.8 Å². The highest BCUT2D eigenvalue weighted by Crippen LogP contribution is 2.33. The van der Waals surface area contributed by atoms with Crippen molar-refractivity contribution in [3.05, 3.63) is 136 Å². The minimum Gasteiger partial charge on any atom is -0.421 e. The molecule has 15 heteroatoms. The number of halogens is 2. The molecule has 13 nitrogen and oxygen atoms in total. The molecule has 4 aromatic carbocycles. The molecule has 0 saturated carbocycles. The summed E-state index contributed by atoms with van der Waals surface area (Å²) in [7, 11) is 0. The van der Waals surface area contributed by atoms with Crippen molar-refractivity contribution in [3.63, 3.8) is 0 Å². The average molecular weight is 711 g/mol. The number of benzene rings is 4. The van der Waals surface area contributed by atoms with Gasteiger partial charge in [0.15, 0.2) is 5.75 Å². The molecule has 2 N–H and O–H groups in total. The predicted octanol–water partition coefficient (Wildman–Crippen LogP) is 6.26. The number of amides is 2. The first-order valence-corrected chi connectivity index (χ1v) is 13.6. The SMILES string of the molecule is O=C(NN=Cc1cc(Br)cc(Br)c1OC(=O)c1ccc([N+](=O)[O-])cc1)c1cccc(NC(=O)c2ccc([N+](=O)[O-])cc2)c1. The van der Waals surface area contributed by atoms with E-state index in [0.29, 0.717) is 20.2 Å². The lowest BCUT2D eigenvalue weighted by atomic mass is 10.1. The molecule has 2 amide bonds. The maximum absolute atomic E-state index is 12.7. The highest BCUT2D eigenvalue weighted by molar-refractivity contribution is 9.11. The van der Waals surface area contributed by atoms with Gasteiger partial charge in [-0.3, -0.25) is 29.8 Å². The van der Waals surface area contributed by atoms with Gasteiger partial charge in [0.05, 0.1) is 26.1 Å². The molecule has 4 rings (SSSR count). The first-order chi connectivity index (χ1) is 20.5. The summed E-state index contributed by atoms with van der Waals surface area (Å²) in [5, 5.41) is 28.3. The second-order valence-electron chi connectivity index (χ2n) is 8.54. The lowest BCUT2D eigenvalue weighted by molar-refractivity contribution is -0.385. The van der Waals surface area contributed by atoms with E-state index in [2.05, 4.69) is 47.7 Å². The third-order valence-electron chi connectivity index (χ3n) is 5.64. The molecule has 0 bridgehead atoms. The smallest absolute Gasteiger partial charge is 0.343 e. The van der Waals surface area contributed by atoms with E-state index in [1.807, 2.05) is 0 Å². The largest absolute Gasteiger partial charge is 0.421 e. The molecule has 0 fully saturated rings. The Kier molecular flexibility index (Phi) is 9.69. The third-order valence-corrected chi connectivity index (χ3v) is 6.69. The van der Waals surface area contributed by atoms with Crippen molar-refractivity contribution < 1.29 is 29.0 Å². The number of hydrazone groups is 1. The zero-order chi connectivity index (χ0) is 31.1. The number of non-ortho nitro benzene ring substituents is 2. The maximum Gasteiger partial charge on any atom is 0.343 e. The van der Waals surface area contributed by atoms with Crippen molar-refractivity contribution in [1.82, 2.24) is 5.43 Å². The van der Waals surface area contributed by atoms with Crippen molar-refractivity contribution in [3.8, 4) is 5.75 Å². The number of hydrogen-bond acceptors (Lipinski definition) is 9. The Morgan fingerprint density at radius 2 is 1.37 bits per heavy atom. The molecule has 0 heterocycles. The minimum absolute atomic E-state index is 0.0807. The number of nitro benzene ring substituents is 2. The quantitative estimate of drug-likeness (QED) is 0.0670. The predicted molar refractivity (Wildman–Crippen MR) is 162 cm³/mol. The molecular formula is C28H17Br2N5O8. The minimum atomic E-state index is -0.774. The van der Waals surface area contributed by atoms with Crippen molar-refractivity contribution in [1.29, 1.82) is 0 Å². The summed E-state index contributed by atoms with van der Waals surface area (Å²) in [6, 6.07) is 19.2. The van der Waals surface area contributed by atoms with Crippen LogP contribution < -0.4 is 15.5 Å². The van der Waals surface area contributed by atoms with E-state index in [1.54, 1.807) is 24.3 Å². The summed E-state index contributed by atoms with van der Waals surface area (Å²) < 4.78 is 6.51. The Balaban J connectivity index is 1.44. The molecule has 0 aliphatic carbocycles. The van der Waals surface area contributed by atoms with Gasteiger partial charge in [-0.1, -0.05) is 22.0 Å². The van der Waals surface area contributed by atoms with Crippen molar-refractivity contribution in [2.45, 2.75) is 0 Å². The molecule has 4 aromatic rings. The number of rotatable bonds is 9. The van der Waals surface area contributed by atoms with E-state index in [1.165, 1.54) is 66.9 Å². The average Bonchev–Trinajstić information content (AvgIpc) is 2.98. The van der Waals surface area contributed by atoms with Crippen LogP contribution >= 0.6 is 31.9 Å². The second kappa shape index (κ2) is 13.6. The molecule has 0 unspecified atom stereocenters. The van der Waals surface area contributed by atoms with Crippen LogP contribution in [0.1, 0.15) is 36.6 Å². The number of nitro groups is 2. The number of ether oxygens (including phenoxy) is 1. The van der Waals surface area contributed by atoms with Gasteiger partial charge in [-0.05, 0) is 70.5 Å². The number of esters is 1. The van der Waals surface area contributed by atoms with Crippen molar-refractivity contribution >= 4 is 72.9 Å². The maximum atomic E-state index is 12.7. The van der Waals surface area contributed by atoms with Crippen LogP contribution in [0.15, 0.2) is 99.0 Å². The summed E-state index contributed by atoms with van der Waals surface area (Å²) in [6.07, 6.45) is 1.26. The normalized spacial score (nSPS) is 10.7. The number of nitrogens with zero attached hydrogens (tertiary/aromatic N) is 3. The first kappa shape index (κ1) is 30.7. The van der Waals surface area contributed by atoms with Crippen LogP contribution in [0, 0.1) is 20.2 Å². The fraction of sp³-hybridized carbons (Fsp3) is 0. The van der Waals surface area contributed by atoms with Gasteiger partial charge in [-0.2, -0.15) is 5.10 Å². The monoisotopic (exact) mass is 709 g/mol. The van der Waals surface area contributed by atoms with Gasteiger partial charge < -0.3 is 10.1 Å². The number of anilines is 1. The van der Waals surface area contributed by atoms with Gasteiger partial charge >= 0.3 is 5.97 Å². The highest BCUT2D eigenvalue weighted by atomic mass is 79.9. The summed E-state index contributed by atoms with van der Waals surface area (Å²) in [5.74, 6) is -1.83. The van der Waals surface area contributed by atoms with Crippen LogP contribution in [-0.4, -0.2) is 33.8 Å². The Bertz CT molecular complexity index is 1780. The molecule has 0 atom stereocenters. The Hall–Kier alpha value is -5.28. The standard InChI is InChI=1S/C28H17Br2N5O8/c29-20-12-19(25(24(30)14-20)43-28(38)17-6-10-23(11-7-17)35(41)42)15-31-33-27(37)18-2-1-3-21(13-18)32-26(36)16-4-8-22(9-5-16)34(39)40/h1-15H,(H,32,36)(H,33,37). The van der Waals surface area contributed by atoms with Crippen LogP contribution in [0.2, 0.25) is 0 Å². The Morgan fingerprint density at radius 1 is 0.767 bits per heavy atom. The molecule has 0 radical (unpaired) electrons. The molecule has 0 saturated heterocycles. The number of carbonyl (C=O) groups excluding carboxylic acids is 3. The van der Waals surface area contributed by atoms with Gasteiger partial charge in [0.1, 0.15) is 0 Å². The van der Waals surface area contributed by atoms with Gasteiger partial charge in [0, 0.05) is 51.1 Å². The fourth-order valence-electron chi connectivity index (χ4n) is 3.56. The highest BCUT2D eigenvalue weighted by Gasteiger charge is 2.17. The van der Waals surface area contributed by atoms with Crippen LogP contribution in [-0.2, 0) is 0 Å². The lowest BCUT2D eigenvalue weighted by Gasteiger charge is -2.11. The molecule has 216 valence electrons. The van der Waals surface area contributed by atoms with Gasteiger partial charge in [0.25, 0.3) is 23.2 Å². The molecule has 0 aromatic heterocycles. The second-order valence-corrected chi connectivity index (χ2v) is 10.3. The Morgan fingerprint density at radius 3 is 1.98 bits per heavy atom. The summed E-state index contributed by atoms with van der Waals surface area (Å²) >= 11 is 6.68. The van der Waals surface area contributed by atoms with Gasteiger partial charge in [-0.15, -0.1) is 0 Å². The van der Waals surface area contributed by atoms with Crippen molar-refractivity contribution in [2.24, 2.45) is 5.10 Å². The lowest BCUT2D eigenvalue weighted by Crippen LogP contribution is -2.18. The zero-order valence-electron chi connectivity index (χ0n) is 21.5. The molecule has 0 aliphatic heterocycles. The van der Waals surface area contributed by atoms with E-state index < -0.39 is 27.6 Å². The van der Waals surface area contributed by atoms with Crippen LogP contribution in [0.5, 0.6) is 5.75 Å². The summed E-state index contributed by atoms with van der Waals surface area (Å²) in [4.78, 5) is 58.5. The number of carbonyl (C=O) groups is 3. The van der Waals surface area contributed by atoms with E-state index >= 15 is 0 Å². The summed E-state index contributed by atoms with van der Waals surface area (Å²) in [6.45, 7) is 0. The zero-order valence-corrected chi connectivity index (χ0v) is 24.7. The van der Waals surface area contributed by atoms with Crippen LogP contribution in [0.25, 0.3) is 0 Å². The van der Waals surface area contributed by atoms with Crippen molar-refractivity contribution in [2.75, 3.05) is 5.32 Å². The topological polar surface area (TPSA) is 183 Å².